The minimum Gasteiger partial charge on any atom is -0.268 e. The number of sulfonamides is 1. The molecule has 1 aromatic carbocycles. The van der Waals surface area contributed by atoms with Crippen molar-refractivity contribution in [3.05, 3.63) is 40.0 Å². The Hall–Kier alpha value is -1.61. The van der Waals surface area contributed by atoms with Gasteiger partial charge in [0.25, 0.3) is 5.91 Å². The fraction of sp³-hybridized carbons (Fsp3) is 0.0909. The lowest BCUT2D eigenvalue weighted by Gasteiger charge is -2.06. The van der Waals surface area contributed by atoms with Crippen LogP contribution in [0.2, 0.25) is 0 Å². The molecule has 106 valence electrons. The molecule has 5 nitrogen and oxygen atoms in total. The first-order valence-corrected chi connectivity index (χ1v) is 7.83. The summed E-state index contributed by atoms with van der Waals surface area (Å²) in [6.07, 6.45) is 1.88. The molecule has 0 saturated heterocycles. The lowest BCUT2D eigenvalue weighted by atomic mass is 10.1. The maximum absolute atomic E-state index is 13.7. The summed E-state index contributed by atoms with van der Waals surface area (Å²) in [6.45, 7) is 0. The molecule has 0 spiro atoms. The minimum absolute atomic E-state index is 0.125. The quantitative estimate of drug-likeness (QED) is 0.826. The number of halogens is 3. The molecule has 0 aliphatic heterocycles. The molecule has 0 saturated carbocycles. The van der Waals surface area contributed by atoms with Gasteiger partial charge in [-0.05, 0) is 28.1 Å². The average molecular weight is 365 g/mol. The summed E-state index contributed by atoms with van der Waals surface area (Å²) < 4.78 is 50.8. The lowest BCUT2D eigenvalue weighted by Crippen LogP contribution is -2.29. The predicted molar refractivity (Wildman–Crippen MR) is 71.7 cm³/mol. The van der Waals surface area contributed by atoms with Gasteiger partial charge in [-0.25, -0.2) is 21.9 Å². The SMILES string of the molecule is CS(=O)(=O)NC(=O)c1cnc2c(Br)cc(F)c(F)c2c1. The average Bonchev–Trinajstić information content (AvgIpc) is 2.33. The Kier molecular flexibility index (Phi) is 3.74. The van der Waals surface area contributed by atoms with Gasteiger partial charge >= 0.3 is 0 Å². The van der Waals surface area contributed by atoms with E-state index in [0.717, 1.165) is 24.6 Å². The Morgan fingerprint density at radius 3 is 2.60 bits per heavy atom. The maximum Gasteiger partial charge on any atom is 0.266 e. The van der Waals surface area contributed by atoms with Crippen LogP contribution in [-0.4, -0.2) is 25.6 Å². The van der Waals surface area contributed by atoms with E-state index in [1.54, 1.807) is 4.72 Å². The van der Waals surface area contributed by atoms with Crippen LogP contribution in [0.25, 0.3) is 10.9 Å². The molecule has 9 heteroatoms. The van der Waals surface area contributed by atoms with Gasteiger partial charge in [-0.15, -0.1) is 0 Å². The molecule has 0 aliphatic carbocycles. The molecule has 2 aromatic rings. The Labute approximate surface area is 121 Å². The Morgan fingerprint density at radius 2 is 2.00 bits per heavy atom. The molecule has 0 radical (unpaired) electrons. The van der Waals surface area contributed by atoms with Gasteiger partial charge in [0, 0.05) is 16.1 Å². The predicted octanol–water partition coefficient (Wildman–Crippen LogP) is 1.96. The van der Waals surface area contributed by atoms with Crippen LogP contribution in [0.3, 0.4) is 0 Å². The van der Waals surface area contributed by atoms with Gasteiger partial charge in [-0.2, -0.15) is 0 Å². The number of rotatable bonds is 2. The molecule has 0 atom stereocenters. The fourth-order valence-corrected chi connectivity index (χ4v) is 2.52. The van der Waals surface area contributed by atoms with Gasteiger partial charge in [0.1, 0.15) is 0 Å². The number of amides is 1. The molecule has 0 fully saturated rings. The van der Waals surface area contributed by atoms with Crippen LogP contribution in [0.15, 0.2) is 22.8 Å². The number of hydrogen-bond acceptors (Lipinski definition) is 4. The number of fused-ring (bicyclic) bond motifs is 1. The minimum atomic E-state index is -3.76. The summed E-state index contributed by atoms with van der Waals surface area (Å²) in [7, 11) is -3.76. The molecule has 1 N–H and O–H groups in total. The van der Waals surface area contributed by atoms with Crippen molar-refractivity contribution >= 4 is 42.8 Å². The second-order valence-corrected chi connectivity index (χ2v) is 6.58. The van der Waals surface area contributed by atoms with Crippen LogP contribution >= 0.6 is 15.9 Å². The van der Waals surface area contributed by atoms with E-state index < -0.39 is 27.6 Å². The molecule has 1 amide bonds. The standard InChI is InChI=1S/C11H7BrF2N2O3S/c1-20(18,19)16-11(17)5-2-6-9(14)8(13)3-7(12)10(6)15-4-5/h2-4H,1H3,(H,16,17). The topological polar surface area (TPSA) is 76.1 Å². The molecule has 1 heterocycles. The van der Waals surface area contributed by atoms with Gasteiger partial charge < -0.3 is 0 Å². The molecule has 1 aromatic heterocycles. The van der Waals surface area contributed by atoms with Crippen molar-refractivity contribution in [2.75, 3.05) is 6.26 Å². The number of benzene rings is 1. The van der Waals surface area contributed by atoms with Crippen LogP contribution in [-0.2, 0) is 10.0 Å². The molecule has 2 rings (SSSR count). The fourth-order valence-electron chi connectivity index (χ4n) is 1.55. The van der Waals surface area contributed by atoms with Gasteiger partial charge in [0.2, 0.25) is 10.0 Å². The molecule has 0 aliphatic rings. The Morgan fingerprint density at radius 1 is 1.35 bits per heavy atom. The van der Waals surface area contributed by atoms with Crippen LogP contribution in [0.1, 0.15) is 10.4 Å². The van der Waals surface area contributed by atoms with Crippen molar-refractivity contribution < 1.29 is 22.0 Å². The monoisotopic (exact) mass is 364 g/mol. The van der Waals surface area contributed by atoms with Crippen LogP contribution < -0.4 is 4.72 Å². The van der Waals surface area contributed by atoms with E-state index >= 15 is 0 Å². The van der Waals surface area contributed by atoms with Gasteiger partial charge in [-0.3, -0.25) is 9.78 Å². The van der Waals surface area contributed by atoms with E-state index in [9.17, 15) is 22.0 Å². The highest BCUT2D eigenvalue weighted by Gasteiger charge is 2.16. The first-order valence-electron chi connectivity index (χ1n) is 5.14. The summed E-state index contributed by atoms with van der Waals surface area (Å²) in [6, 6.07) is 1.95. The van der Waals surface area contributed by atoms with Crippen molar-refractivity contribution in [3.8, 4) is 0 Å². The highest BCUT2D eigenvalue weighted by Crippen LogP contribution is 2.27. The summed E-state index contributed by atoms with van der Waals surface area (Å²) >= 11 is 3.03. The van der Waals surface area contributed by atoms with Gasteiger partial charge in [0.15, 0.2) is 11.6 Å². The number of carbonyl (C=O) groups is 1. The first kappa shape index (κ1) is 14.8. The highest BCUT2D eigenvalue weighted by molar-refractivity contribution is 9.10. The zero-order valence-electron chi connectivity index (χ0n) is 9.95. The number of nitrogens with zero attached hydrogens (tertiary/aromatic N) is 1. The number of aromatic nitrogens is 1. The molecular formula is C11H7BrF2N2O3S. The second kappa shape index (κ2) is 5.06. The zero-order valence-corrected chi connectivity index (χ0v) is 12.3. The van der Waals surface area contributed by atoms with E-state index in [1.165, 1.54) is 0 Å². The largest absolute Gasteiger partial charge is 0.268 e. The number of pyridine rings is 1. The van der Waals surface area contributed by atoms with Crippen molar-refractivity contribution in [2.45, 2.75) is 0 Å². The van der Waals surface area contributed by atoms with Crippen LogP contribution in [0.4, 0.5) is 8.78 Å². The molecule has 20 heavy (non-hydrogen) atoms. The molecular weight excluding hydrogens is 358 g/mol. The Bertz CT molecular complexity index is 824. The van der Waals surface area contributed by atoms with Crippen LogP contribution in [0.5, 0.6) is 0 Å². The van der Waals surface area contributed by atoms with E-state index in [2.05, 4.69) is 20.9 Å². The van der Waals surface area contributed by atoms with Gasteiger partial charge in [-0.1, -0.05) is 0 Å². The zero-order chi connectivity index (χ0) is 15.1. The summed E-state index contributed by atoms with van der Waals surface area (Å²) in [5, 5.41) is -0.224. The molecule has 0 unspecified atom stereocenters. The lowest BCUT2D eigenvalue weighted by molar-refractivity contribution is 0.0981. The van der Waals surface area contributed by atoms with Crippen molar-refractivity contribution in [2.24, 2.45) is 0 Å². The van der Waals surface area contributed by atoms with E-state index in [0.29, 0.717) is 0 Å². The van der Waals surface area contributed by atoms with Crippen molar-refractivity contribution in [3.63, 3.8) is 0 Å². The van der Waals surface area contributed by atoms with E-state index in [4.69, 9.17) is 0 Å². The maximum atomic E-state index is 13.7. The normalized spacial score (nSPS) is 11.6. The molecule has 0 bridgehead atoms. The summed E-state index contributed by atoms with van der Waals surface area (Å²) in [5.74, 6) is -3.24. The second-order valence-electron chi connectivity index (χ2n) is 3.98. The van der Waals surface area contributed by atoms with E-state index in [1.807, 2.05) is 0 Å². The third-order valence-corrected chi connectivity index (χ3v) is 3.51. The summed E-state index contributed by atoms with van der Waals surface area (Å²) in [5.41, 5.74) is -0.0702. The summed E-state index contributed by atoms with van der Waals surface area (Å²) in [4.78, 5) is 15.5. The third kappa shape index (κ3) is 2.93. The Balaban J connectivity index is 2.59. The number of hydrogen-bond donors (Lipinski definition) is 1. The van der Waals surface area contributed by atoms with Crippen LogP contribution in [0, 0.1) is 11.6 Å². The smallest absolute Gasteiger partial charge is 0.266 e. The first-order chi connectivity index (χ1) is 9.19. The van der Waals surface area contributed by atoms with Crippen molar-refractivity contribution in [1.82, 2.24) is 9.71 Å². The highest BCUT2D eigenvalue weighted by atomic mass is 79.9. The van der Waals surface area contributed by atoms with Gasteiger partial charge in [0.05, 0.1) is 17.3 Å². The van der Waals surface area contributed by atoms with Crippen molar-refractivity contribution in [1.29, 1.82) is 0 Å². The number of carbonyl (C=O) groups excluding carboxylic acids is 1. The third-order valence-electron chi connectivity index (χ3n) is 2.35. The number of nitrogens with one attached hydrogen (secondary N) is 1. The van der Waals surface area contributed by atoms with E-state index in [-0.39, 0.29) is 20.9 Å².